The van der Waals surface area contributed by atoms with Crippen molar-refractivity contribution in [3.05, 3.63) is 35.4 Å². The zero-order valence-corrected chi connectivity index (χ0v) is 10.1. The molecule has 2 heterocycles. The first kappa shape index (κ1) is 12.3. The Bertz CT molecular complexity index is 503. The number of amides is 1. The molecule has 2 saturated heterocycles. The number of benzene rings is 1. The van der Waals surface area contributed by atoms with Gasteiger partial charge in [-0.3, -0.25) is 0 Å². The average Bonchev–Trinajstić information content (AvgIpc) is 2.93. The van der Waals surface area contributed by atoms with E-state index in [2.05, 4.69) is 0 Å². The largest absolute Gasteiger partial charge is 0.416 e. The highest BCUT2D eigenvalue weighted by Gasteiger charge is 2.46. The van der Waals surface area contributed by atoms with E-state index in [-0.39, 0.29) is 5.56 Å². The number of carbonyl (C=O) groups excluding carboxylic acids is 1. The number of hydrogen-bond donors (Lipinski definition) is 0. The Hall–Kier alpha value is -1.69. The minimum atomic E-state index is -0.952. The molecular weight excluding hydrogens is 256 g/mol. The summed E-state index contributed by atoms with van der Waals surface area (Å²) in [5, 5.41) is 0. The molecule has 2 aliphatic rings. The lowest BCUT2D eigenvalue weighted by atomic mass is 10.1. The predicted molar refractivity (Wildman–Crippen MR) is 61.3 cm³/mol. The fourth-order valence-corrected chi connectivity index (χ4v) is 2.22. The van der Waals surface area contributed by atoms with Crippen LogP contribution >= 0.6 is 0 Å². The molecule has 0 bridgehead atoms. The molecule has 1 aromatic carbocycles. The number of carbonyl (C=O) groups is 1. The number of hydrogen-bond acceptors (Lipinski definition) is 3. The summed E-state index contributed by atoms with van der Waals surface area (Å²) in [5.41, 5.74) is 0.0826. The van der Waals surface area contributed by atoms with Crippen LogP contribution in [0.4, 0.5) is 13.6 Å². The van der Waals surface area contributed by atoms with E-state index >= 15 is 0 Å². The van der Waals surface area contributed by atoms with Gasteiger partial charge in [-0.25, -0.2) is 13.6 Å². The number of ether oxygens (including phenoxy) is 2. The lowest BCUT2D eigenvalue weighted by Crippen LogP contribution is -2.29. The molecule has 0 radical (unpaired) electrons. The molecule has 0 aromatic heterocycles. The van der Waals surface area contributed by atoms with Crippen LogP contribution in [0.15, 0.2) is 18.2 Å². The fourth-order valence-electron chi connectivity index (χ4n) is 2.22. The van der Waals surface area contributed by atoms with Crippen molar-refractivity contribution in [2.24, 2.45) is 0 Å². The molecule has 3 rings (SSSR count). The van der Waals surface area contributed by atoms with Gasteiger partial charge in [-0.15, -0.1) is 0 Å². The van der Waals surface area contributed by atoms with Crippen LogP contribution in [0.2, 0.25) is 0 Å². The van der Waals surface area contributed by atoms with Crippen LogP contribution in [0.5, 0.6) is 0 Å². The van der Waals surface area contributed by atoms with E-state index in [4.69, 9.17) is 9.47 Å². The number of likely N-dealkylation sites (tertiary alicyclic amines) is 1. The summed E-state index contributed by atoms with van der Waals surface area (Å²) in [4.78, 5) is 13.3. The van der Waals surface area contributed by atoms with Gasteiger partial charge in [0.25, 0.3) is 0 Å². The first-order valence-corrected chi connectivity index (χ1v) is 6.22. The summed E-state index contributed by atoms with van der Waals surface area (Å²) in [6.45, 7) is 1.34. The Morgan fingerprint density at radius 3 is 2.79 bits per heavy atom. The van der Waals surface area contributed by atoms with E-state index < -0.39 is 30.1 Å². The molecule has 0 N–H and O–H groups in total. The quantitative estimate of drug-likeness (QED) is 0.775. The van der Waals surface area contributed by atoms with Gasteiger partial charge in [-0.1, -0.05) is 12.1 Å². The molecule has 6 heteroatoms. The maximum atomic E-state index is 13.5. The van der Waals surface area contributed by atoms with Crippen LogP contribution in [0.1, 0.15) is 24.5 Å². The SMILES string of the molecule is O=C(O[C@H]1O[C@@H]1c1cccc(F)c1F)N1CCCC1. The number of halogens is 2. The van der Waals surface area contributed by atoms with E-state index in [0.717, 1.165) is 18.9 Å². The van der Waals surface area contributed by atoms with Gasteiger partial charge in [0.15, 0.2) is 17.7 Å². The van der Waals surface area contributed by atoms with Crippen molar-refractivity contribution < 1.29 is 23.0 Å². The number of nitrogens with zero attached hydrogens (tertiary/aromatic N) is 1. The van der Waals surface area contributed by atoms with Crippen molar-refractivity contribution in [3.8, 4) is 0 Å². The van der Waals surface area contributed by atoms with Crippen LogP contribution in [0.25, 0.3) is 0 Å². The molecule has 0 unspecified atom stereocenters. The second-order valence-corrected chi connectivity index (χ2v) is 4.65. The smallest absolute Gasteiger partial charge is 0.412 e. The highest BCUT2D eigenvalue weighted by atomic mass is 19.2. The summed E-state index contributed by atoms with van der Waals surface area (Å²) >= 11 is 0. The maximum absolute atomic E-state index is 13.5. The molecule has 0 spiro atoms. The minimum absolute atomic E-state index is 0.0826. The monoisotopic (exact) mass is 269 g/mol. The lowest BCUT2D eigenvalue weighted by Gasteiger charge is -2.13. The molecule has 0 aliphatic carbocycles. The van der Waals surface area contributed by atoms with Gasteiger partial charge < -0.3 is 14.4 Å². The summed E-state index contributed by atoms with van der Waals surface area (Å²) < 4.78 is 36.7. The Balaban J connectivity index is 1.61. The third-order valence-corrected chi connectivity index (χ3v) is 3.32. The molecule has 2 aliphatic heterocycles. The Labute approximate surface area is 108 Å². The van der Waals surface area contributed by atoms with Crippen LogP contribution in [-0.4, -0.2) is 30.4 Å². The molecule has 1 amide bonds. The van der Waals surface area contributed by atoms with Crippen LogP contribution in [0.3, 0.4) is 0 Å². The van der Waals surface area contributed by atoms with Crippen molar-refractivity contribution in [3.63, 3.8) is 0 Å². The van der Waals surface area contributed by atoms with Crippen molar-refractivity contribution >= 4 is 6.09 Å². The molecule has 2 fully saturated rings. The molecule has 0 saturated carbocycles. The van der Waals surface area contributed by atoms with E-state index in [1.807, 2.05) is 0 Å². The Morgan fingerprint density at radius 2 is 2.05 bits per heavy atom. The topological polar surface area (TPSA) is 42.1 Å². The standard InChI is InChI=1S/C13H13F2NO3/c14-9-5-3-4-8(10(9)15)11-12(18-11)19-13(17)16-6-1-2-7-16/h3-5,11-12H,1-2,6-7H2/t11-,12-/m1/s1. The third-order valence-electron chi connectivity index (χ3n) is 3.32. The number of epoxide rings is 1. The normalized spacial score (nSPS) is 25.5. The van der Waals surface area contributed by atoms with Gasteiger partial charge in [0.05, 0.1) is 0 Å². The minimum Gasteiger partial charge on any atom is -0.416 e. The van der Waals surface area contributed by atoms with Gasteiger partial charge in [-0.2, -0.15) is 0 Å². The van der Waals surface area contributed by atoms with Gasteiger partial charge in [0.1, 0.15) is 0 Å². The van der Waals surface area contributed by atoms with E-state index in [9.17, 15) is 13.6 Å². The van der Waals surface area contributed by atoms with Crippen molar-refractivity contribution in [2.45, 2.75) is 25.2 Å². The van der Waals surface area contributed by atoms with E-state index in [1.54, 1.807) is 4.90 Å². The molecule has 4 nitrogen and oxygen atoms in total. The van der Waals surface area contributed by atoms with Crippen molar-refractivity contribution in [2.75, 3.05) is 13.1 Å². The van der Waals surface area contributed by atoms with E-state index in [1.165, 1.54) is 12.1 Å². The zero-order chi connectivity index (χ0) is 13.4. The lowest BCUT2D eigenvalue weighted by molar-refractivity contribution is 0.0658. The van der Waals surface area contributed by atoms with Crippen molar-refractivity contribution in [1.29, 1.82) is 0 Å². The van der Waals surface area contributed by atoms with Gasteiger partial charge in [-0.05, 0) is 18.9 Å². The summed E-state index contributed by atoms with van der Waals surface area (Å²) in [7, 11) is 0. The van der Waals surface area contributed by atoms with Gasteiger partial charge in [0.2, 0.25) is 6.29 Å². The number of rotatable bonds is 2. The van der Waals surface area contributed by atoms with E-state index in [0.29, 0.717) is 13.1 Å². The molecule has 1 aromatic rings. The van der Waals surface area contributed by atoms with Crippen LogP contribution in [-0.2, 0) is 9.47 Å². The second-order valence-electron chi connectivity index (χ2n) is 4.65. The van der Waals surface area contributed by atoms with Crippen LogP contribution in [0, 0.1) is 11.6 Å². The van der Waals surface area contributed by atoms with Gasteiger partial charge in [0, 0.05) is 18.7 Å². The summed E-state index contributed by atoms with van der Waals surface area (Å²) in [6.07, 6.45) is -0.0565. The van der Waals surface area contributed by atoms with Gasteiger partial charge >= 0.3 is 6.09 Å². The first-order valence-electron chi connectivity index (χ1n) is 6.22. The highest BCUT2D eigenvalue weighted by molar-refractivity contribution is 5.68. The molecular formula is C13H13F2NO3. The summed E-state index contributed by atoms with van der Waals surface area (Å²) in [6, 6.07) is 3.86. The maximum Gasteiger partial charge on any atom is 0.412 e. The Kier molecular flexibility index (Phi) is 3.10. The summed E-state index contributed by atoms with van der Waals surface area (Å²) in [5.74, 6) is -1.88. The third kappa shape index (κ3) is 2.40. The van der Waals surface area contributed by atoms with Crippen LogP contribution < -0.4 is 0 Å². The Morgan fingerprint density at radius 1 is 1.32 bits per heavy atom. The molecule has 2 atom stereocenters. The average molecular weight is 269 g/mol. The molecule has 19 heavy (non-hydrogen) atoms. The zero-order valence-electron chi connectivity index (χ0n) is 10.1. The van der Waals surface area contributed by atoms with Crippen molar-refractivity contribution in [1.82, 2.24) is 4.90 Å². The molecule has 102 valence electrons. The predicted octanol–water partition coefficient (Wildman–Crippen LogP) is 2.59. The second kappa shape index (κ2) is 4.77. The highest BCUT2D eigenvalue weighted by Crippen LogP contribution is 2.41. The first-order chi connectivity index (χ1) is 9.16. The fraction of sp³-hybridized carbons (Fsp3) is 0.462.